The van der Waals surface area contributed by atoms with Crippen LogP contribution in [-0.2, 0) is 10.0 Å². The van der Waals surface area contributed by atoms with Crippen molar-refractivity contribution in [2.45, 2.75) is 11.3 Å². The summed E-state index contributed by atoms with van der Waals surface area (Å²) in [5.74, 6) is 5.63. The van der Waals surface area contributed by atoms with Gasteiger partial charge in [-0.3, -0.25) is 4.72 Å². The Kier molecular flexibility index (Phi) is 4.99. The Balaban J connectivity index is 2.16. The fourth-order valence-corrected chi connectivity index (χ4v) is 2.72. The zero-order valence-electron chi connectivity index (χ0n) is 11.3. The number of hydrogen-bond acceptors (Lipinski definition) is 3. The predicted octanol–water partition coefficient (Wildman–Crippen LogP) is 2.22. The Morgan fingerprint density at radius 1 is 1.00 bits per heavy atom. The third kappa shape index (κ3) is 4.35. The van der Waals surface area contributed by atoms with E-state index in [4.69, 9.17) is 5.11 Å². The normalized spacial score (nSPS) is 10.5. The minimum Gasteiger partial charge on any atom is -0.395 e. The molecule has 5 heteroatoms. The van der Waals surface area contributed by atoms with Gasteiger partial charge < -0.3 is 5.11 Å². The number of aliphatic hydroxyl groups is 1. The number of hydrogen-bond donors (Lipinski definition) is 2. The molecule has 0 radical (unpaired) electrons. The van der Waals surface area contributed by atoms with Gasteiger partial charge in [0.1, 0.15) is 0 Å². The molecule has 0 spiro atoms. The highest BCUT2D eigenvalue weighted by atomic mass is 32.2. The Labute approximate surface area is 124 Å². The molecule has 21 heavy (non-hydrogen) atoms. The second-order valence-corrected chi connectivity index (χ2v) is 5.95. The maximum absolute atomic E-state index is 12.2. The van der Waals surface area contributed by atoms with Crippen LogP contribution in [-0.4, -0.2) is 20.1 Å². The summed E-state index contributed by atoms with van der Waals surface area (Å²) in [4.78, 5) is 0.180. The summed E-state index contributed by atoms with van der Waals surface area (Å²) in [5, 5.41) is 8.65. The SMILES string of the molecule is O=S(=O)(Nc1ccccc1)c1ccc(C#CCCO)cc1. The van der Waals surface area contributed by atoms with E-state index in [-0.39, 0.29) is 11.5 Å². The molecule has 108 valence electrons. The summed E-state index contributed by atoms with van der Waals surface area (Å²) in [6, 6.07) is 15.0. The van der Waals surface area contributed by atoms with E-state index in [1.54, 1.807) is 36.4 Å². The molecule has 0 bridgehead atoms. The molecule has 0 amide bonds. The standard InChI is InChI=1S/C16H15NO3S/c18-13-5-4-6-14-9-11-16(12-10-14)21(19,20)17-15-7-2-1-3-8-15/h1-3,7-12,17-18H,5,13H2. The fraction of sp³-hybridized carbons (Fsp3) is 0.125. The van der Waals surface area contributed by atoms with Crippen molar-refractivity contribution in [3.63, 3.8) is 0 Å². The average Bonchev–Trinajstić information content (AvgIpc) is 2.49. The summed E-state index contributed by atoms with van der Waals surface area (Å²) in [6.07, 6.45) is 0.398. The molecule has 0 unspecified atom stereocenters. The fourth-order valence-electron chi connectivity index (χ4n) is 1.66. The number of sulfonamides is 1. The van der Waals surface area contributed by atoms with Gasteiger partial charge in [-0.15, -0.1) is 0 Å². The highest BCUT2D eigenvalue weighted by molar-refractivity contribution is 7.92. The van der Waals surface area contributed by atoms with E-state index in [9.17, 15) is 8.42 Å². The van der Waals surface area contributed by atoms with Crippen molar-refractivity contribution < 1.29 is 13.5 Å². The van der Waals surface area contributed by atoms with Crippen LogP contribution in [0.15, 0.2) is 59.5 Å². The molecule has 0 fully saturated rings. The van der Waals surface area contributed by atoms with E-state index in [1.807, 2.05) is 6.07 Å². The Morgan fingerprint density at radius 2 is 1.67 bits per heavy atom. The zero-order valence-corrected chi connectivity index (χ0v) is 12.1. The maximum atomic E-state index is 12.2. The van der Waals surface area contributed by atoms with Crippen molar-refractivity contribution in [2.24, 2.45) is 0 Å². The molecular weight excluding hydrogens is 286 g/mol. The van der Waals surface area contributed by atoms with E-state index in [0.29, 0.717) is 17.7 Å². The van der Waals surface area contributed by atoms with Gasteiger partial charge in [0.25, 0.3) is 10.0 Å². The first-order valence-corrected chi connectivity index (χ1v) is 7.88. The number of nitrogens with one attached hydrogen (secondary N) is 1. The van der Waals surface area contributed by atoms with E-state index < -0.39 is 10.0 Å². The smallest absolute Gasteiger partial charge is 0.261 e. The lowest BCUT2D eigenvalue weighted by Crippen LogP contribution is -2.12. The van der Waals surface area contributed by atoms with Crippen LogP contribution in [0.2, 0.25) is 0 Å². The molecule has 0 atom stereocenters. The Hall–Kier alpha value is -2.29. The first-order chi connectivity index (χ1) is 10.1. The molecule has 0 aliphatic carbocycles. The third-order valence-electron chi connectivity index (χ3n) is 2.66. The Morgan fingerprint density at radius 3 is 2.29 bits per heavy atom. The van der Waals surface area contributed by atoms with Crippen molar-refractivity contribution in [3.05, 3.63) is 60.2 Å². The van der Waals surface area contributed by atoms with E-state index in [2.05, 4.69) is 16.6 Å². The van der Waals surface area contributed by atoms with Gasteiger partial charge in [0.05, 0.1) is 11.5 Å². The Bertz CT molecular complexity index is 742. The van der Waals surface area contributed by atoms with Crippen molar-refractivity contribution in [2.75, 3.05) is 11.3 Å². The van der Waals surface area contributed by atoms with Gasteiger partial charge in [-0.2, -0.15) is 0 Å². The quantitative estimate of drug-likeness (QED) is 0.851. The topological polar surface area (TPSA) is 66.4 Å². The number of benzene rings is 2. The van der Waals surface area contributed by atoms with Crippen LogP contribution in [0, 0.1) is 11.8 Å². The van der Waals surface area contributed by atoms with Gasteiger partial charge in [0.2, 0.25) is 0 Å². The van der Waals surface area contributed by atoms with E-state index >= 15 is 0 Å². The molecule has 0 saturated heterocycles. The predicted molar refractivity (Wildman–Crippen MR) is 82.3 cm³/mol. The zero-order chi connectivity index (χ0) is 15.1. The number of rotatable bonds is 4. The molecule has 0 aliphatic rings. The van der Waals surface area contributed by atoms with Crippen molar-refractivity contribution >= 4 is 15.7 Å². The van der Waals surface area contributed by atoms with Crippen LogP contribution in [0.25, 0.3) is 0 Å². The molecule has 2 N–H and O–H groups in total. The number of anilines is 1. The lowest BCUT2D eigenvalue weighted by molar-refractivity contribution is 0.305. The molecular formula is C16H15NO3S. The summed E-state index contributed by atoms with van der Waals surface area (Å²) in [7, 11) is -3.59. The summed E-state index contributed by atoms with van der Waals surface area (Å²) in [5.41, 5.74) is 1.23. The number of para-hydroxylation sites is 1. The molecule has 2 aromatic rings. The van der Waals surface area contributed by atoms with Gasteiger partial charge in [0.15, 0.2) is 0 Å². The summed E-state index contributed by atoms with van der Waals surface area (Å²) in [6.45, 7) is 0.0143. The second kappa shape index (κ2) is 6.93. The average molecular weight is 301 g/mol. The lowest BCUT2D eigenvalue weighted by Gasteiger charge is -2.07. The molecule has 0 heterocycles. The maximum Gasteiger partial charge on any atom is 0.261 e. The van der Waals surface area contributed by atoms with Crippen molar-refractivity contribution in [1.82, 2.24) is 0 Å². The molecule has 0 aromatic heterocycles. The largest absolute Gasteiger partial charge is 0.395 e. The van der Waals surface area contributed by atoms with Crippen LogP contribution >= 0.6 is 0 Å². The van der Waals surface area contributed by atoms with Gasteiger partial charge in [-0.05, 0) is 36.4 Å². The summed E-state index contributed by atoms with van der Waals surface area (Å²) >= 11 is 0. The molecule has 2 rings (SSSR count). The third-order valence-corrected chi connectivity index (χ3v) is 4.06. The molecule has 2 aromatic carbocycles. The first-order valence-electron chi connectivity index (χ1n) is 6.39. The van der Waals surface area contributed by atoms with E-state index in [0.717, 1.165) is 0 Å². The monoisotopic (exact) mass is 301 g/mol. The van der Waals surface area contributed by atoms with Gasteiger partial charge >= 0.3 is 0 Å². The van der Waals surface area contributed by atoms with Gasteiger partial charge in [-0.25, -0.2) is 8.42 Å². The minimum absolute atomic E-state index is 0.0143. The van der Waals surface area contributed by atoms with Crippen molar-refractivity contribution in [1.29, 1.82) is 0 Å². The van der Waals surface area contributed by atoms with Crippen LogP contribution in [0.5, 0.6) is 0 Å². The highest BCUT2D eigenvalue weighted by Crippen LogP contribution is 2.16. The molecule has 0 saturated carbocycles. The highest BCUT2D eigenvalue weighted by Gasteiger charge is 2.13. The molecule has 4 nitrogen and oxygen atoms in total. The van der Waals surface area contributed by atoms with Crippen molar-refractivity contribution in [3.8, 4) is 11.8 Å². The summed E-state index contributed by atoms with van der Waals surface area (Å²) < 4.78 is 26.9. The van der Waals surface area contributed by atoms with Gasteiger partial charge in [-0.1, -0.05) is 30.0 Å². The lowest BCUT2D eigenvalue weighted by atomic mass is 10.2. The van der Waals surface area contributed by atoms with Gasteiger partial charge in [0, 0.05) is 17.7 Å². The van der Waals surface area contributed by atoms with Crippen LogP contribution in [0.4, 0.5) is 5.69 Å². The molecule has 0 aliphatic heterocycles. The minimum atomic E-state index is -3.59. The first kappa shape index (κ1) is 15.1. The second-order valence-electron chi connectivity index (χ2n) is 4.27. The number of aliphatic hydroxyl groups excluding tert-OH is 1. The van der Waals surface area contributed by atoms with Crippen LogP contribution in [0.1, 0.15) is 12.0 Å². The van der Waals surface area contributed by atoms with Crippen LogP contribution in [0.3, 0.4) is 0 Å². The van der Waals surface area contributed by atoms with Crippen LogP contribution < -0.4 is 4.72 Å². The van der Waals surface area contributed by atoms with E-state index in [1.165, 1.54) is 12.1 Å².